The standard InChI is InChI=1S/C13H10ClF3N2O/c1-20-12-7-10(14)18-11(19-12)6-8-3-2-4-9(5-8)13(15,16)17/h2-5,7H,6H2,1H3. The van der Waals surface area contributed by atoms with Gasteiger partial charge in [-0.2, -0.15) is 18.2 Å². The third kappa shape index (κ3) is 3.60. The molecule has 0 fully saturated rings. The van der Waals surface area contributed by atoms with Crippen molar-refractivity contribution in [1.82, 2.24) is 9.97 Å². The Kier molecular flexibility index (Phi) is 4.13. The zero-order valence-corrected chi connectivity index (χ0v) is 11.2. The SMILES string of the molecule is COc1cc(Cl)nc(Cc2cccc(C(F)(F)F)c2)n1. The molecule has 0 radical (unpaired) electrons. The van der Waals surface area contributed by atoms with Crippen LogP contribution in [0.2, 0.25) is 5.15 Å². The first kappa shape index (κ1) is 14.6. The second kappa shape index (κ2) is 5.66. The van der Waals surface area contributed by atoms with Crippen LogP contribution in [0.15, 0.2) is 30.3 Å². The van der Waals surface area contributed by atoms with E-state index < -0.39 is 11.7 Å². The largest absolute Gasteiger partial charge is 0.481 e. The summed E-state index contributed by atoms with van der Waals surface area (Å²) in [4.78, 5) is 8.00. The molecule has 0 aliphatic carbocycles. The Morgan fingerprint density at radius 1 is 1.20 bits per heavy atom. The molecule has 0 aliphatic rings. The van der Waals surface area contributed by atoms with Gasteiger partial charge in [-0.1, -0.05) is 29.8 Å². The van der Waals surface area contributed by atoms with Gasteiger partial charge in [-0.15, -0.1) is 0 Å². The molecule has 2 rings (SSSR count). The molecule has 1 aromatic carbocycles. The van der Waals surface area contributed by atoms with E-state index in [-0.39, 0.29) is 17.5 Å². The topological polar surface area (TPSA) is 35.0 Å². The number of aromatic nitrogens is 2. The van der Waals surface area contributed by atoms with Crippen molar-refractivity contribution < 1.29 is 17.9 Å². The second-order valence-corrected chi connectivity index (χ2v) is 4.41. The molecule has 0 atom stereocenters. The van der Waals surface area contributed by atoms with Gasteiger partial charge < -0.3 is 4.74 Å². The molecule has 0 bridgehead atoms. The van der Waals surface area contributed by atoms with Crippen molar-refractivity contribution in [2.75, 3.05) is 7.11 Å². The van der Waals surface area contributed by atoms with Gasteiger partial charge >= 0.3 is 6.18 Å². The highest BCUT2D eigenvalue weighted by atomic mass is 35.5. The summed E-state index contributed by atoms with van der Waals surface area (Å²) in [6, 6.07) is 6.43. The summed E-state index contributed by atoms with van der Waals surface area (Å²) in [5, 5.41) is 0.179. The lowest BCUT2D eigenvalue weighted by molar-refractivity contribution is -0.137. The first-order chi connectivity index (χ1) is 9.38. The van der Waals surface area contributed by atoms with Gasteiger partial charge in [-0.3, -0.25) is 0 Å². The molecule has 7 heteroatoms. The minimum Gasteiger partial charge on any atom is -0.481 e. The fourth-order valence-corrected chi connectivity index (χ4v) is 1.86. The van der Waals surface area contributed by atoms with E-state index in [1.807, 2.05) is 0 Å². The monoisotopic (exact) mass is 302 g/mol. The van der Waals surface area contributed by atoms with Gasteiger partial charge in [0.15, 0.2) is 0 Å². The molecular weight excluding hydrogens is 293 g/mol. The van der Waals surface area contributed by atoms with Crippen molar-refractivity contribution in [3.05, 3.63) is 52.4 Å². The number of hydrogen-bond acceptors (Lipinski definition) is 3. The van der Waals surface area contributed by atoms with Crippen LogP contribution in [0.25, 0.3) is 0 Å². The minimum absolute atomic E-state index is 0.140. The van der Waals surface area contributed by atoms with Crippen LogP contribution in [0.1, 0.15) is 17.0 Å². The van der Waals surface area contributed by atoms with Crippen LogP contribution in [0, 0.1) is 0 Å². The first-order valence-electron chi connectivity index (χ1n) is 5.62. The highest BCUT2D eigenvalue weighted by molar-refractivity contribution is 6.29. The Morgan fingerprint density at radius 3 is 2.60 bits per heavy atom. The number of alkyl halides is 3. The molecule has 20 heavy (non-hydrogen) atoms. The third-order valence-corrected chi connectivity index (χ3v) is 2.74. The number of methoxy groups -OCH3 is 1. The highest BCUT2D eigenvalue weighted by Crippen LogP contribution is 2.30. The molecular formula is C13H10ClF3N2O. The molecule has 3 nitrogen and oxygen atoms in total. The molecule has 0 unspecified atom stereocenters. The number of halogens is 4. The Labute approximate surface area is 118 Å². The number of nitrogens with zero attached hydrogens (tertiary/aromatic N) is 2. The van der Waals surface area contributed by atoms with Crippen LogP contribution >= 0.6 is 11.6 Å². The zero-order valence-electron chi connectivity index (χ0n) is 10.4. The maximum atomic E-state index is 12.6. The van der Waals surface area contributed by atoms with E-state index in [9.17, 15) is 13.2 Å². The van der Waals surface area contributed by atoms with Crippen LogP contribution < -0.4 is 4.74 Å². The fraction of sp³-hybridized carbons (Fsp3) is 0.231. The van der Waals surface area contributed by atoms with E-state index in [1.54, 1.807) is 6.07 Å². The van der Waals surface area contributed by atoms with Crippen LogP contribution in [0.3, 0.4) is 0 Å². The highest BCUT2D eigenvalue weighted by Gasteiger charge is 2.30. The van der Waals surface area contributed by atoms with E-state index >= 15 is 0 Å². The lowest BCUT2D eigenvalue weighted by Gasteiger charge is -2.09. The van der Waals surface area contributed by atoms with Gasteiger partial charge in [0.2, 0.25) is 5.88 Å². The molecule has 0 saturated heterocycles. The normalized spacial score (nSPS) is 11.4. The maximum Gasteiger partial charge on any atom is 0.416 e. The molecule has 1 heterocycles. The Bertz CT molecular complexity index is 617. The molecule has 0 N–H and O–H groups in total. The first-order valence-corrected chi connectivity index (χ1v) is 6.00. The van der Waals surface area contributed by atoms with Gasteiger partial charge in [0, 0.05) is 12.5 Å². The Hall–Kier alpha value is -1.82. The maximum absolute atomic E-state index is 12.6. The summed E-state index contributed by atoms with van der Waals surface area (Å²) in [6.07, 6.45) is -4.23. The van der Waals surface area contributed by atoms with E-state index in [4.69, 9.17) is 16.3 Å². The van der Waals surface area contributed by atoms with Crippen molar-refractivity contribution >= 4 is 11.6 Å². The predicted octanol–water partition coefficient (Wildman–Crippen LogP) is 3.75. The van der Waals surface area contributed by atoms with Crippen molar-refractivity contribution in [2.45, 2.75) is 12.6 Å². The summed E-state index contributed by atoms with van der Waals surface area (Å²) in [6.45, 7) is 0. The third-order valence-electron chi connectivity index (χ3n) is 2.54. The van der Waals surface area contributed by atoms with Gasteiger partial charge in [-0.25, -0.2) is 4.98 Å². The summed E-state index contributed by atoms with van der Waals surface area (Å²) in [5.74, 6) is 0.570. The summed E-state index contributed by atoms with van der Waals surface area (Å²) in [5.41, 5.74) is -0.256. The molecule has 0 aliphatic heterocycles. The average Bonchev–Trinajstić information content (AvgIpc) is 2.37. The van der Waals surface area contributed by atoms with E-state index in [1.165, 1.54) is 19.2 Å². The number of ether oxygens (including phenoxy) is 1. The van der Waals surface area contributed by atoms with Crippen LogP contribution in [-0.2, 0) is 12.6 Å². The summed E-state index contributed by atoms with van der Waals surface area (Å²) < 4.78 is 42.8. The minimum atomic E-state index is -4.37. The molecule has 0 amide bonds. The predicted molar refractivity (Wildman–Crippen MR) is 67.8 cm³/mol. The van der Waals surface area contributed by atoms with Crippen LogP contribution in [-0.4, -0.2) is 17.1 Å². The lowest BCUT2D eigenvalue weighted by atomic mass is 10.1. The molecule has 1 aromatic heterocycles. The molecule has 106 valence electrons. The number of rotatable bonds is 3. The van der Waals surface area contributed by atoms with Gasteiger partial charge in [0.1, 0.15) is 11.0 Å². The summed E-state index contributed by atoms with van der Waals surface area (Å²) >= 11 is 5.79. The van der Waals surface area contributed by atoms with Crippen LogP contribution in [0.5, 0.6) is 5.88 Å². The fourth-order valence-electron chi connectivity index (χ4n) is 1.67. The van der Waals surface area contributed by atoms with Gasteiger partial charge in [0.05, 0.1) is 12.7 Å². The van der Waals surface area contributed by atoms with E-state index in [2.05, 4.69) is 9.97 Å². The number of benzene rings is 1. The van der Waals surface area contributed by atoms with Crippen molar-refractivity contribution in [3.8, 4) is 5.88 Å². The van der Waals surface area contributed by atoms with Gasteiger partial charge in [0.25, 0.3) is 0 Å². The van der Waals surface area contributed by atoms with Crippen molar-refractivity contribution in [1.29, 1.82) is 0 Å². The Morgan fingerprint density at radius 2 is 1.95 bits per heavy atom. The van der Waals surface area contributed by atoms with Crippen molar-refractivity contribution in [2.24, 2.45) is 0 Å². The van der Waals surface area contributed by atoms with Crippen LogP contribution in [0.4, 0.5) is 13.2 Å². The smallest absolute Gasteiger partial charge is 0.416 e. The Balaban J connectivity index is 2.28. The molecule has 2 aromatic rings. The number of hydrogen-bond donors (Lipinski definition) is 0. The quantitative estimate of drug-likeness (QED) is 0.810. The summed E-state index contributed by atoms with van der Waals surface area (Å²) in [7, 11) is 1.42. The molecule has 0 spiro atoms. The van der Waals surface area contributed by atoms with Crippen molar-refractivity contribution in [3.63, 3.8) is 0 Å². The average molecular weight is 303 g/mol. The van der Waals surface area contributed by atoms with E-state index in [0.29, 0.717) is 11.4 Å². The lowest BCUT2D eigenvalue weighted by Crippen LogP contribution is -2.06. The second-order valence-electron chi connectivity index (χ2n) is 4.02. The zero-order chi connectivity index (χ0) is 14.8. The van der Waals surface area contributed by atoms with E-state index in [0.717, 1.165) is 12.1 Å². The molecule has 0 saturated carbocycles. The van der Waals surface area contributed by atoms with Gasteiger partial charge in [-0.05, 0) is 11.6 Å².